The largest absolute Gasteiger partial charge is 0.494 e. The molecule has 18 heavy (non-hydrogen) atoms. The van der Waals surface area contributed by atoms with Gasteiger partial charge < -0.3 is 15.6 Å². The highest BCUT2D eigenvalue weighted by atomic mass is 16.5. The molecule has 0 amide bonds. The molecule has 1 aliphatic carbocycles. The molecule has 0 unspecified atom stereocenters. The van der Waals surface area contributed by atoms with E-state index in [2.05, 4.69) is 12.1 Å². The van der Waals surface area contributed by atoms with Crippen LogP contribution in [0, 0.1) is 0 Å². The lowest BCUT2D eigenvalue weighted by molar-refractivity contribution is 0.00766. The predicted octanol–water partition coefficient (Wildman–Crippen LogP) is 2.43. The summed E-state index contributed by atoms with van der Waals surface area (Å²) in [5.74, 6) is 1.48. The minimum atomic E-state index is -0.623. The van der Waals surface area contributed by atoms with Gasteiger partial charge in [0.2, 0.25) is 0 Å². The second-order valence-corrected chi connectivity index (χ2v) is 5.20. The van der Waals surface area contributed by atoms with E-state index in [9.17, 15) is 5.11 Å². The van der Waals surface area contributed by atoms with Crippen LogP contribution < -0.4 is 10.5 Å². The summed E-state index contributed by atoms with van der Waals surface area (Å²) in [5.41, 5.74) is 6.33. The minimum Gasteiger partial charge on any atom is -0.494 e. The molecule has 1 saturated carbocycles. The van der Waals surface area contributed by atoms with Gasteiger partial charge in [-0.1, -0.05) is 12.1 Å². The number of hydrogen-bond donors (Lipinski definition) is 2. The molecule has 0 atom stereocenters. The van der Waals surface area contributed by atoms with Gasteiger partial charge in [-0.05, 0) is 56.2 Å². The summed E-state index contributed by atoms with van der Waals surface area (Å²) in [6.07, 6.45) is 3.64. The molecule has 0 bridgehead atoms. The van der Waals surface area contributed by atoms with Crippen LogP contribution in [0.15, 0.2) is 24.3 Å². The normalized spacial score (nSPS) is 28.1. The summed E-state index contributed by atoms with van der Waals surface area (Å²) in [6.45, 7) is 3.07. The Balaban J connectivity index is 1.97. The average Bonchev–Trinajstić information content (AvgIpc) is 2.41. The number of nitrogens with two attached hydrogens (primary N) is 1. The van der Waals surface area contributed by atoms with Crippen LogP contribution in [0.1, 0.15) is 44.1 Å². The van der Waals surface area contributed by atoms with E-state index in [-0.39, 0.29) is 0 Å². The second-order valence-electron chi connectivity index (χ2n) is 5.20. The number of ether oxygens (including phenoxy) is 1. The van der Waals surface area contributed by atoms with Gasteiger partial charge in [0.1, 0.15) is 5.75 Å². The third-order valence-corrected chi connectivity index (χ3v) is 3.96. The Hall–Kier alpha value is -1.06. The first-order chi connectivity index (χ1) is 8.67. The topological polar surface area (TPSA) is 55.5 Å². The van der Waals surface area contributed by atoms with Gasteiger partial charge in [0.25, 0.3) is 0 Å². The lowest BCUT2D eigenvalue weighted by Crippen LogP contribution is -2.40. The Morgan fingerprint density at radius 1 is 1.28 bits per heavy atom. The van der Waals surface area contributed by atoms with Crippen LogP contribution in [-0.4, -0.2) is 23.9 Å². The van der Waals surface area contributed by atoms with E-state index < -0.39 is 5.60 Å². The molecule has 1 fully saturated rings. The standard InChI is InChI=1S/C15H23NO2/c1-2-18-14-5-3-12(4-6-14)13-7-9-15(17,11-16)10-8-13/h3-6,13,17H,2,7-11,16H2,1H3. The average molecular weight is 249 g/mol. The van der Waals surface area contributed by atoms with E-state index in [0.29, 0.717) is 19.1 Å². The summed E-state index contributed by atoms with van der Waals surface area (Å²) in [7, 11) is 0. The molecule has 1 aliphatic rings. The fourth-order valence-corrected chi connectivity index (χ4v) is 2.70. The SMILES string of the molecule is CCOc1ccc(C2CCC(O)(CN)CC2)cc1. The summed E-state index contributed by atoms with van der Waals surface area (Å²) in [5, 5.41) is 10.1. The number of hydrogen-bond acceptors (Lipinski definition) is 3. The zero-order chi connectivity index (χ0) is 13.0. The fourth-order valence-electron chi connectivity index (χ4n) is 2.70. The highest BCUT2D eigenvalue weighted by molar-refractivity contribution is 5.29. The predicted molar refractivity (Wildman–Crippen MR) is 72.8 cm³/mol. The van der Waals surface area contributed by atoms with Crippen molar-refractivity contribution >= 4 is 0 Å². The zero-order valence-corrected chi connectivity index (χ0v) is 11.1. The molecule has 0 aliphatic heterocycles. The molecular formula is C15H23NO2. The third-order valence-electron chi connectivity index (χ3n) is 3.96. The first kappa shape index (κ1) is 13.4. The van der Waals surface area contributed by atoms with Crippen molar-refractivity contribution in [2.24, 2.45) is 5.73 Å². The Labute approximate surface area is 109 Å². The molecule has 0 radical (unpaired) electrons. The van der Waals surface area contributed by atoms with E-state index in [0.717, 1.165) is 31.4 Å². The molecule has 0 heterocycles. The van der Waals surface area contributed by atoms with Crippen molar-refractivity contribution in [3.8, 4) is 5.75 Å². The maximum Gasteiger partial charge on any atom is 0.119 e. The van der Waals surface area contributed by atoms with Crippen LogP contribution >= 0.6 is 0 Å². The van der Waals surface area contributed by atoms with Gasteiger partial charge >= 0.3 is 0 Å². The molecule has 100 valence electrons. The fraction of sp³-hybridized carbons (Fsp3) is 0.600. The molecule has 3 heteroatoms. The van der Waals surface area contributed by atoms with Crippen molar-refractivity contribution in [2.75, 3.05) is 13.2 Å². The molecular weight excluding hydrogens is 226 g/mol. The van der Waals surface area contributed by atoms with Crippen LogP contribution in [0.2, 0.25) is 0 Å². The molecule has 3 N–H and O–H groups in total. The minimum absolute atomic E-state index is 0.378. The summed E-state index contributed by atoms with van der Waals surface area (Å²) < 4.78 is 5.44. The number of aliphatic hydroxyl groups is 1. The van der Waals surface area contributed by atoms with Crippen molar-refractivity contribution in [2.45, 2.75) is 44.1 Å². The maximum absolute atomic E-state index is 10.1. The van der Waals surface area contributed by atoms with Crippen molar-refractivity contribution < 1.29 is 9.84 Å². The Morgan fingerprint density at radius 2 is 1.89 bits per heavy atom. The van der Waals surface area contributed by atoms with Crippen LogP contribution in [0.25, 0.3) is 0 Å². The molecule has 0 spiro atoms. The smallest absolute Gasteiger partial charge is 0.119 e. The molecule has 3 nitrogen and oxygen atoms in total. The summed E-state index contributed by atoms with van der Waals surface area (Å²) >= 11 is 0. The van der Waals surface area contributed by atoms with Gasteiger partial charge in [-0.25, -0.2) is 0 Å². The lowest BCUT2D eigenvalue weighted by atomic mass is 9.76. The van der Waals surface area contributed by atoms with E-state index in [1.54, 1.807) is 0 Å². The second kappa shape index (κ2) is 5.72. The van der Waals surface area contributed by atoms with E-state index in [1.807, 2.05) is 19.1 Å². The van der Waals surface area contributed by atoms with E-state index >= 15 is 0 Å². The Morgan fingerprint density at radius 3 is 2.39 bits per heavy atom. The van der Waals surface area contributed by atoms with E-state index in [1.165, 1.54) is 5.56 Å². The van der Waals surface area contributed by atoms with Crippen LogP contribution in [-0.2, 0) is 0 Å². The molecule has 0 aromatic heterocycles. The Kier molecular flexibility index (Phi) is 4.25. The first-order valence-corrected chi connectivity index (χ1v) is 6.82. The maximum atomic E-state index is 10.1. The third kappa shape index (κ3) is 3.03. The lowest BCUT2D eigenvalue weighted by Gasteiger charge is -2.35. The van der Waals surface area contributed by atoms with Gasteiger partial charge in [0, 0.05) is 6.54 Å². The van der Waals surface area contributed by atoms with Crippen molar-refractivity contribution in [3.05, 3.63) is 29.8 Å². The molecule has 1 aromatic rings. The highest BCUT2D eigenvalue weighted by Gasteiger charge is 2.32. The van der Waals surface area contributed by atoms with Crippen LogP contribution in [0.4, 0.5) is 0 Å². The number of rotatable bonds is 4. The quantitative estimate of drug-likeness (QED) is 0.861. The van der Waals surface area contributed by atoms with Gasteiger partial charge in [0.15, 0.2) is 0 Å². The molecule has 0 saturated heterocycles. The first-order valence-electron chi connectivity index (χ1n) is 6.82. The van der Waals surface area contributed by atoms with Crippen LogP contribution in [0.3, 0.4) is 0 Å². The zero-order valence-electron chi connectivity index (χ0n) is 11.1. The van der Waals surface area contributed by atoms with Gasteiger partial charge in [-0.2, -0.15) is 0 Å². The number of benzene rings is 1. The van der Waals surface area contributed by atoms with Gasteiger partial charge in [0.05, 0.1) is 12.2 Å². The highest BCUT2D eigenvalue weighted by Crippen LogP contribution is 2.37. The van der Waals surface area contributed by atoms with Crippen molar-refractivity contribution in [1.82, 2.24) is 0 Å². The summed E-state index contributed by atoms with van der Waals surface area (Å²) in [6, 6.07) is 8.34. The molecule has 1 aromatic carbocycles. The summed E-state index contributed by atoms with van der Waals surface area (Å²) in [4.78, 5) is 0. The van der Waals surface area contributed by atoms with Crippen molar-refractivity contribution in [1.29, 1.82) is 0 Å². The van der Waals surface area contributed by atoms with Gasteiger partial charge in [-0.3, -0.25) is 0 Å². The van der Waals surface area contributed by atoms with Crippen molar-refractivity contribution in [3.63, 3.8) is 0 Å². The van der Waals surface area contributed by atoms with Crippen LogP contribution in [0.5, 0.6) is 5.75 Å². The van der Waals surface area contributed by atoms with E-state index in [4.69, 9.17) is 10.5 Å². The molecule has 2 rings (SSSR count). The monoisotopic (exact) mass is 249 g/mol. The van der Waals surface area contributed by atoms with Gasteiger partial charge in [-0.15, -0.1) is 0 Å². The Bertz CT molecular complexity index is 367.